The van der Waals surface area contributed by atoms with Crippen LogP contribution in [0.1, 0.15) is 45.4 Å². The van der Waals surface area contributed by atoms with Crippen LogP contribution in [0.25, 0.3) is 0 Å². The second kappa shape index (κ2) is 9.08. The minimum Gasteiger partial charge on any atom is -0.497 e. The van der Waals surface area contributed by atoms with Crippen LogP contribution in [0, 0.1) is 5.92 Å². The highest BCUT2D eigenvalue weighted by Gasteiger charge is 2.24. The van der Waals surface area contributed by atoms with Crippen LogP contribution in [0.5, 0.6) is 5.75 Å². The predicted octanol–water partition coefficient (Wildman–Crippen LogP) is 2.91. The monoisotopic (exact) mass is 368 g/mol. The van der Waals surface area contributed by atoms with Gasteiger partial charge in [0.1, 0.15) is 5.75 Å². The van der Waals surface area contributed by atoms with Gasteiger partial charge in [-0.2, -0.15) is 0 Å². The molecule has 0 bridgehead atoms. The number of amides is 1. The summed E-state index contributed by atoms with van der Waals surface area (Å²) < 4.78 is 32.2. The summed E-state index contributed by atoms with van der Waals surface area (Å²) in [6.07, 6.45) is 6.62. The fourth-order valence-corrected chi connectivity index (χ4v) is 4.46. The van der Waals surface area contributed by atoms with Crippen LogP contribution in [0.4, 0.5) is 5.69 Å². The van der Waals surface area contributed by atoms with E-state index in [1.54, 1.807) is 31.2 Å². The Balaban J connectivity index is 1.90. The first kappa shape index (κ1) is 19.6. The molecular weight excluding hydrogens is 340 g/mol. The van der Waals surface area contributed by atoms with Gasteiger partial charge in [-0.15, -0.1) is 0 Å². The molecule has 1 fully saturated rings. The molecule has 1 saturated carbocycles. The Morgan fingerprint density at radius 2 is 1.92 bits per heavy atom. The van der Waals surface area contributed by atoms with Gasteiger partial charge in [0.25, 0.3) is 0 Å². The summed E-state index contributed by atoms with van der Waals surface area (Å²) in [5.74, 6) is -0.475. The van der Waals surface area contributed by atoms with E-state index < -0.39 is 15.9 Å². The summed E-state index contributed by atoms with van der Waals surface area (Å²) in [4.78, 5) is 12.3. The van der Waals surface area contributed by atoms with Crippen molar-refractivity contribution in [2.24, 2.45) is 5.92 Å². The van der Waals surface area contributed by atoms with Crippen LogP contribution in [0.2, 0.25) is 0 Å². The maximum Gasteiger partial charge on any atom is 0.233 e. The molecule has 1 aliphatic carbocycles. The number of nitrogens with one attached hydrogen (secondary N) is 2. The van der Waals surface area contributed by atoms with Gasteiger partial charge in [-0.1, -0.05) is 38.7 Å². The SMILES string of the molecule is COc1cccc(NS(=O)(=O)CC(C)C(=O)NC2CCCCCC2)c1. The number of hydrogen-bond acceptors (Lipinski definition) is 4. The Kier molecular flexibility index (Phi) is 7.11. The zero-order valence-corrected chi connectivity index (χ0v) is 15.8. The van der Waals surface area contributed by atoms with E-state index in [1.165, 1.54) is 20.0 Å². The molecule has 1 aliphatic rings. The third-order valence-corrected chi connectivity index (χ3v) is 5.95. The molecule has 140 valence electrons. The molecule has 0 aliphatic heterocycles. The van der Waals surface area contributed by atoms with E-state index in [4.69, 9.17) is 4.74 Å². The van der Waals surface area contributed by atoms with Gasteiger partial charge in [0.15, 0.2) is 0 Å². The number of ether oxygens (including phenoxy) is 1. The maximum atomic E-state index is 12.3. The summed E-state index contributed by atoms with van der Waals surface area (Å²) in [6, 6.07) is 6.87. The lowest BCUT2D eigenvalue weighted by Crippen LogP contribution is -2.40. The molecular formula is C18H28N2O4S. The molecule has 1 amide bonds. The number of anilines is 1. The number of carbonyl (C=O) groups is 1. The Morgan fingerprint density at radius 1 is 1.24 bits per heavy atom. The minimum absolute atomic E-state index is 0.173. The Bertz CT molecular complexity index is 667. The van der Waals surface area contributed by atoms with E-state index in [0.29, 0.717) is 11.4 Å². The maximum absolute atomic E-state index is 12.3. The molecule has 7 heteroatoms. The normalized spacial score (nSPS) is 17.4. The van der Waals surface area contributed by atoms with Crippen molar-refractivity contribution >= 4 is 21.6 Å². The van der Waals surface area contributed by atoms with Crippen molar-refractivity contribution < 1.29 is 17.9 Å². The van der Waals surface area contributed by atoms with Crippen LogP contribution in [0.3, 0.4) is 0 Å². The zero-order valence-electron chi connectivity index (χ0n) is 15.0. The standard InChI is InChI=1S/C18H28N2O4S/c1-14(18(21)19-15-8-5-3-4-6-9-15)13-25(22,23)20-16-10-7-11-17(12-16)24-2/h7,10-12,14-15,20H,3-6,8-9,13H2,1-2H3,(H,19,21). The first-order valence-corrected chi connectivity index (χ1v) is 10.5. The quantitative estimate of drug-likeness (QED) is 0.725. The predicted molar refractivity (Wildman–Crippen MR) is 99.2 cm³/mol. The lowest BCUT2D eigenvalue weighted by molar-refractivity contribution is -0.124. The first-order chi connectivity index (χ1) is 11.9. The van der Waals surface area contributed by atoms with Crippen molar-refractivity contribution in [3.8, 4) is 5.75 Å². The molecule has 1 aromatic carbocycles. The van der Waals surface area contributed by atoms with Gasteiger partial charge >= 0.3 is 0 Å². The highest BCUT2D eigenvalue weighted by molar-refractivity contribution is 7.92. The van der Waals surface area contributed by atoms with Crippen molar-refractivity contribution in [2.45, 2.75) is 51.5 Å². The first-order valence-electron chi connectivity index (χ1n) is 8.84. The van der Waals surface area contributed by atoms with E-state index in [9.17, 15) is 13.2 Å². The van der Waals surface area contributed by atoms with Gasteiger partial charge in [-0.05, 0) is 25.0 Å². The highest BCUT2D eigenvalue weighted by Crippen LogP contribution is 2.19. The van der Waals surface area contributed by atoms with Gasteiger partial charge < -0.3 is 10.1 Å². The molecule has 1 atom stereocenters. The van der Waals surface area contributed by atoms with E-state index in [2.05, 4.69) is 10.0 Å². The van der Waals surface area contributed by atoms with Crippen molar-refractivity contribution in [3.63, 3.8) is 0 Å². The van der Waals surface area contributed by atoms with Crippen LogP contribution in [0.15, 0.2) is 24.3 Å². The number of rotatable bonds is 7. The molecule has 6 nitrogen and oxygen atoms in total. The second-order valence-corrected chi connectivity index (χ2v) is 8.48. The number of methoxy groups -OCH3 is 1. The summed E-state index contributed by atoms with van der Waals surface area (Å²) in [5, 5.41) is 3.01. The molecule has 0 aromatic heterocycles. The third-order valence-electron chi connectivity index (χ3n) is 4.46. The molecule has 2 rings (SSSR count). The Hall–Kier alpha value is -1.76. The Morgan fingerprint density at radius 3 is 2.56 bits per heavy atom. The number of benzene rings is 1. The fraction of sp³-hybridized carbons (Fsp3) is 0.611. The van der Waals surface area contributed by atoms with Gasteiger partial charge in [-0.25, -0.2) is 8.42 Å². The minimum atomic E-state index is -3.62. The number of hydrogen-bond donors (Lipinski definition) is 2. The van der Waals surface area contributed by atoms with Gasteiger partial charge in [0.05, 0.1) is 24.5 Å². The zero-order chi connectivity index (χ0) is 18.3. The van der Waals surface area contributed by atoms with E-state index in [0.717, 1.165) is 25.7 Å². The van der Waals surface area contributed by atoms with Crippen LogP contribution < -0.4 is 14.8 Å². The topological polar surface area (TPSA) is 84.5 Å². The lowest BCUT2D eigenvalue weighted by Gasteiger charge is -2.19. The molecule has 0 spiro atoms. The Labute approximate surface area is 150 Å². The fourth-order valence-electron chi connectivity index (χ4n) is 3.08. The second-order valence-electron chi connectivity index (χ2n) is 6.71. The average molecular weight is 368 g/mol. The van der Waals surface area contributed by atoms with Crippen LogP contribution >= 0.6 is 0 Å². The highest BCUT2D eigenvalue weighted by atomic mass is 32.2. The van der Waals surface area contributed by atoms with Crippen molar-refractivity contribution in [2.75, 3.05) is 17.6 Å². The molecule has 25 heavy (non-hydrogen) atoms. The van der Waals surface area contributed by atoms with Gasteiger partial charge in [0, 0.05) is 12.1 Å². The van der Waals surface area contributed by atoms with Crippen molar-refractivity contribution in [3.05, 3.63) is 24.3 Å². The molecule has 1 aromatic rings. The summed E-state index contributed by atoms with van der Waals surface area (Å²) in [7, 11) is -2.10. The average Bonchev–Trinajstić information content (AvgIpc) is 2.82. The largest absolute Gasteiger partial charge is 0.497 e. The molecule has 0 radical (unpaired) electrons. The van der Waals surface area contributed by atoms with Gasteiger partial charge in [0.2, 0.25) is 15.9 Å². The van der Waals surface area contributed by atoms with Crippen molar-refractivity contribution in [1.29, 1.82) is 0 Å². The molecule has 0 heterocycles. The lowest BCUT2D eigenvalue weighted by atomic mass is 10.1. The van der Waals surface area contributed by atoms with Gasteiger partial charge in [-0.3, -0.25) is 9.52 Å². The van der Waals surface area contributed by atoms with Crippen LogP contribution in [-0.4, -0.2) is 33.2 Å². The summed E-state index contributed by atoms with van der Waals surface area (Å²) in [6.45, 7) is 1.65. The van der Waals surface area contributed by atoms with E-state index in [1.807, 2.05) is 0 Å². The third kappa shape index (κ3) is 6.57. The van der Waals surface area contributed by atoms with E-state index in [-0.39, 0.29) is 17.7 Å². The number of carbonyl (C=O) groups excluding carboxylic acids is 1. The summed E-state index contributed by atoms with van der Waals surface area (Å²) in [5.41, 5.74) is 0.427. The molecule has 0 saturated heterocycles. The molecule has 1 unspecified atom stereocenters. The van der Waals surface area contributed by atoms with Crippen molar-refractivity contribution in [1.82, 2.24) is 5.32 Å². The number of sulfonamides is 1. The smallest absolute Gasteiger partial charge is 0.233 e. The summed E-state index contributed by atoms with van der Waals surface area (Å²) >= 11 is 0. The molecule has 2 N–H and O–H groups in total. The van der Waals surface area contributed by atoms with Crippen LogP contribution in [-0.2, 0) is 14.8 Å². The van der Waals surface area contributed by atoms with E-state index >= 15 is 0 Å².